The van der Waals surface area contributed by atoms with E-state index >= 15 is 0 Å². The molecule has 84 valence electrons. The van der Waals surface area contributed by atoms with Crippen LogP contribution in [0.5, 0.6) is 0 Å². The van der Waals surface area contributed by atoms with Crippen LogP contribution in [0.25, 0.3) is 5.65 Å². The van der Waals surface area contributed by atoms with Gasteiger partial charge in [-0.3, -0.25) is 0 Å². The molecule has 2 nitrogen and oxygen atoms in total. The fourth-order valence-corrected chi connectivity index (χ4v) is 3.11. The fraction of sp³-hybridized carbons (Fsp3) is 0.500. The second-order valence-electron chi connectivity index (χ2n) is 5.25. The Hall–Kier alpha value is -1.31. The van der Waals surface area contributed by atoms with Gasteiger partial charge in [0.1, 0.15) is 5.65 Å². The third kappa shape index (κ3) is 1.29. The maximum absolute atomic E-state index is 4.78. The van der Waals surface area contributed by atoms with E-state index in [1.54, 1.807) is 0 Å². The Morgan fingerprint density at radius 1 is 1.31 bits per heavy atom. The van der Waals surface area contributed by atoms with Gasteiger partial charge in [-0.25, -0.2) is 4.98 Å². The minimum Gasteiger partial charge on any atom is -0.301 e. The van der Waals surface area contributed by atoms with E-state index in [2.05, 4.69) is 43.4 Å². The molecule has 2 aromatic rings. The normalized spacial score (nSPS) is 24.7. The first-order valence-corrected chi connectivity index (χ1v) is 6.13. The third-order valence-corrected chi connectivity index (χ3v) is 3.72. The zero-order valence-corrected chi connectivity index (χ0v) is 10.2. The Balaban J connectivity index is 2.32. The number of pyridine rings is 1. The van der Waals surface area contributed by atoms with E-state index in [1.165, 1.54) is 23.5 Å². The summed E-state index contributed by atoms with van der Waals surface area (Å²) in [5, 5.41) is 0. The highest BCUT2D eigenvalue weighted by molar-refractivity contribution is 5.46. The van der Waals surface area contributed by atoms with Crippen molar-refractivity contribution in [3.8, 4) is 0 Å². The predicted molar refractivity (Wildman–Crippen MR) is 65.8 cm³/mol. The molecule has 2 heteroatoms. The Kier molecular flexibility index (Phi) is 2.06. The molecule has 1 aliphatic rings. The maximum Gasteiger partial charge on any atom is 0.137 e. The number of aromatic nitrogens is 2. The molecule has 0 aliphatic heterocycles. The molecule has 0 aromatic carbocycles. The van der Waals surface area contributed by atoms with Crippen molar-refractivity contribution >= 4 is 5.65 Å². The zero-order chi connectivity index (χ0) is 11.3. The summed E-state index contributed by atoms with van der Waals surface area (Å²) in [5.74, 6) is 1.41. The molecule has 2 aromatic heterocycles. The largest absolute Gasteiger partial charge is 0.301 e. The average molecular weight is 214 g/mol. The Morgan fingerprint density at radius 2 is 2.12 bits per heavy atom. The second-order valence-corrected chi connectivity index (χ2v) is 5.25. The maximum atomic E-state index is 4.78. The van der Waals surface area contributed by atoms with Gasteiger partial charge >= 0.3 is 0 Å². The molecular weight excluding hydrogens is 196 g/mol. The van der Waals surface area contributed by atoms with Gasteiger partial charge in [-0.05, 0) is 43.7 Å². The lowest BCUT2D eigenvalue weighted by atomic mass is 9.84. The molecule has 0 amide bonds. The van der Waals surface area contributed by atoms with Crippen LogP contribution in [0.4, 0.5) is 0 Å². The first kappa shape index (κ1) is 9.88. The summed E-state index contributed by atoms with van der Waals surface area (Å²) < 4.78 is 2.34. The quantitative estimate of drug-likeness (QED) is 0.657. The number of fused-ring (bicyclic) bond motifs is 3. The van der Waals surface area contributed by atoms with E-state index in [9.17, 15) is 0 Å². The van der Waals surface area contributed by atoms with Crippen molar-refractivity contribution in [1.82, 2.24) is 9.38 Å². The minimum absolute atomic E-state index is 0.634. The molecule has 0 radical (unpaired) electrons. The molecule has 2 unspecified atom stereocenters. The van der Waals surface area contributed by atoms with Gasteiger partial charge < -0.3 is 4.40 Å². The van der Waals surface area contributed by atoms with E-state index in [1.807, 2.05) is 0 Å². The summed E-state index contributed by atoms with van der Waals surface area (Å²) in [6.45, 7) is 6.82. The monoisotopic (exact) mass is 214 g/mol. The summed E-state index contributed by atoms with van der Waals surface area (Å²) in [7, 11) is 0. The molecule has 16 heavy (non-hydrogen) atoms. The second kappa shape index (κ2) is 3.34. The van der Waals surface area contributed by atoms with Gasteiger partial charge in [-0.15, -0.1) is 0 Å². The Morgan fingerprint density at radius 3 is 2.94 bits per heavy atom. The van der Waals surface area contributed by atoms with Gasteiger partial charge in [0.2, 0.25) is 0 Å². The fourth-order valence-electron chi connectivity index (χ4n) is 3.11. The lowest BCUT2D eigenvalue weighted by Crippen LogP contribution is -2.16. The molecular formula is C14H18N2. The van der Waals surface area contributed by atoms with Crippen LogP contribution < -0.4 is 0 Å². The number of rotatable bonds is 0. The molecule has 1 aliphatic carbocycles. The van der Waals surface area contributed by atoms with Crippen LogP contribution in [0.3, 0.4) is 0 Å². The SMILES string of the molecule is Cc1cccc2nc3c(n12)C(C)CC(C)C3. The summed E-state index contributed by atoms with van der Waals surface area (Å²) in [4.78, 5) is 4.78. The van der Waals surface area contributed by atoms with Crippen molar-refractivity contribution in [2.75, 3.05) is 0 Å². The number of nitrogens with zero attached hydrogens (tertiary/aromatic N) is 2. The van der Waals surface area contributed by atoms with Gasteiger partial charge in [-0.2, -0.15) is 0 Å². The van der Waals surface area contributed by atoms with Crippen LogP contribution in [0.1, 0.15) is 43.3 Å². The first-order valence-electron chi connectivity index (χ1n) is 6.13. The zero-order valence-electron chi connectivity index (χ0n) is 10.2. The molecule has 2 heterocycles. The highest BCUT2D eigenvalue weighted by Crippen LogP contribution is 2.35. The Bertz CT molecular complexity index is 539. The van der Waals surface area contributed by atoms with Crippen LogP contribution in [-0.4, -0.2) is 9.38 Å². The van der Waals surface area contributed by atoms with Crippen molar-refractivity contribution in [2.24, 2.45) is 5.92 Å². The topological polar surface area (TPSA) is 17.3 Å². The average Bonchev–Trinajstić information content (AvgIpc) is 2.56. The van der Waals surface area contributed by atoms with E-state index in [4.69, 9.17) is 4.98 Å². The van der Waals surface area contributed by atoms with E-state index in [0.29, 0.717) is 5.92 Å². The summed E-state index contributed by atoms with van der Waals surface area (Å²) in [6.07, 6.45) is 2.43. The van der Waals surface area contributed by atoms with Gasteiger partial charge in [-0.1, -0.05) is 19.9 Å². The number of hydrogen-bond acceptors (Lipinski definition) is 1. The number of hydrogen-bond donors (Lipinski definition) is 0. The van der Waals surface area contributed by atoms with Crippen molar-refractivity contribution in [2.45, 2.75) is 39.5 Å². The number of imidazole rings is 1. The van der Waals surface area contributed by atoms with Crippen LogP contribution in [0.2, 0.25) is 0 Å². The van der Waals surface area contributed by atoms with E-state index < -0.39 is 0 Å². The molecule has 0 saturated heterocycles. The molecule has 3 rings (SSSR count). The third-order valence-electron chi connectivity index (χ3n) is 3.72. The van der Waals surface area contributed by atoms with Gasteiger partial charge in [0, 0.05) is 11.4 Å². The van der Waals surface area contributed by atoms with Crippen molar-refractivity contribution in [3.63, 3.8) is 0 Å². The summed E-state index contributed by atoms with van der Waals surface area (Å²) >= 11 is 0. The summed E-state index contributed by atoms with van der Waals surface area (Å²) in [6, 6.07) is 6.37. The van der Waals surface area contributed by atoms with Crippen LogP contribution in [0, 0.1) is 12.8 Å². The molecule has 2 atom stereocenters. The van der Waals surface area contributed by atoms with Crippen molar-refractivity contribution in [1.29, 1.82) is 0 Å². The van der Waals surface area contributed by atoms with E-state index in [-0.39, 0.29) is 0 Å². The van der Waals surface area contributed by atoms with Gasteiger partial charge in [0.15, 0.2) is 0 Å². The van der Waals surface area contributed by atoms with Gasteiger partial charge in [0.05, 0.1) is 5.69 Å². The van der Waals surface area contributed by atoms with Gasteiger partial charge in [0.25, 0.3) is 0 Å². The molecule has 0 saturated carbocycles. The van der Waals surface area contributed by atoms with Crippen LogP contribution in [0.15, 0.2) is 18.2 Å². The first-order chi connectivity index (χ1) is 7.66. The molecule has 0 fully saturated rings. The van der Waals surface area contributed by atoms with E-state index in [0.717, 1.165) is 18.0 Å². The molecule has 0 N–H and O–H groups in total. The highest BCUT2D eigenvalue weighted by Gasteiger charge is 2.26. The lowest BCUT2D eigenvalue weighted by molar-refractivity contribution is 0.437. The molecule has 0 spiro atoms. The highest BCUT2D eigenvalue weighted by atomic mass is 15.0. The van der Waals surface area contributed by atoms with Crippen LogP contribution >= 0.6 is 0 Å². The predicted octanol–water partition coefficient (Wildman–Crippen LogP) is 3.33. The standard InChI is InChI=1S/C14H18N2/c1-9-7-10(2)14-12(8-9)15-13-6-4-5-11(3)16(13)14/h4-6,9-10H,7-8H2,1-3H3. The number of aryl methyl sites for hydroxylation is 1. The lowest BCUT2D eigenvalue weighted by Gasteiger charge is -2.24. The van der Waals surface area contributed by atoms with Crippen molar-refractivity contribution < 1.29 is 0 Å². The Labute approximate surface area is 96.3 Å². The molecule has 0 bridgehead atoms. The minimum atomic E-state index is 0.634. The smallest absolute Gasteiger partial charge is 0.137 e. The van der Waals surface area contributed by atoms with Crippen LogP contribution in [-0.2, 0) is 6.42 Å². The van der Waals surface area contributed by atoms with Crippen molar-refractivity contribution in [3.05, 3.63) is 35.3 Å². The summed E-state index contributed by atoms with van der Waals surface area (Å²) in [5.41, 5.74) is 5.19.